The van der Waals surface area contributed by atoms with Crippen LogP contribution in [0.1, 0.15) is 72.6 Å². The highest BCUT2D eigenvalue weighted by molar-refractivity contribution is 5.23. The Labute approximate surface area is 141 Å². The van der Waals surface area contributed by atoms with Crippen molar-refractivity contribution in [1.82, 2.24) is 0 Å². The summed E-state index contributed by atoms with van der Waals surface area (Å²) < 4.78 is 0. The van der Waals surface area contributed by atoms with Gasteiger partial charge in [-0.05, 0) is 85.9 Å². The normalized spacial score (nSPS) is 61.7. The van der Waals surface area contributed by atoms with Gasteiger partial charge >= 0.3 is 0 Å². The van der Waals surface area contributed by atoms with Gasteiger partial charge in [0, 0.05) is 0 Å². The molecule has 3 saturated carbocycles. The molecule has 23 heavy (non-hydrogen) atoms. The van der Waals surface area contributed by atoms with Crippen LogP contribution >= 0.6 is 0 Å². The predicted molar refractivity (Wildman–Crippen MR) is 92.9 cm³/mol. The van der Waals surface area contributed by atoms with E-state index >= 15 is 0 Å². The quantitative estimate of drug-likeness (QED) is 0.654. The molecule has 2 heteroatoms. The van der Waals surface area contributed by atoms with Crippen LogP contribution in [0, 0.1) is 34.0 Å². The number of aliphatic hydroxyl groups excluding tert-OH is 1. The summed E-state index contributed by atoms with van der Waals surface area (Å²) in [5.74, 6) is 2.18. The Morgan fingerprint density at radius 2 is 1.61 bits per heavy atom. The Hall–Kier alpha value is -0.340. The lowest BCUT2D eigenvalue weighted by Gasteiger charge is -2.64. The van der Waals surface area contributed by atoms with Crippen molar-refractivity contribution in [3.63, 3.8) is 0 Å². The summed E-state index contributed by atoms with van der Waals surface area (Å²) in [6.07, 6.45) is 12.4. The van der Waals surface area contributed by atoms with Gasteiger partial charge in [-0.1, -0.05) is 32.9 Å². The zero-order chi connectivity index (χ0) is 16.7. The van der Waals surface area contributed by atoms with E-state index < -0.39 is 5.60 Å². The molecular weight excluding hydrogens is 284 g/mol. The summed E-state index contributed by atoms with van der Waals surface area (Å²) in [4.78, 5) is 0. The van der Waals surface area contributed by atoms with Gasteiger partial charge in [0.25, 0.3) is 0 Å². The molecule has 4 aliphatic rings. The Morgan fingerprint density at radius 1 is 0.870 bits per heavy atom. The second-order valence-electron chi connectivity index (χ2n) is 10.3. The van der Waals surface area contributed by atoms with Crippen LogP contribution in [0.2, 0.25) is 0 Å². The lowest BCUT2D eigenvalue weighted by atomic mass is 9.41. The Morgan fingerprint density at radius 3 is 2.35 bits per heavy atom. The minimum atomic E-state index is -0.645. The zero-order valence-corrected chi connectivity index (χ0v) is 15.3. The molecule has 0 aromatic heterocycles. The molecule has 0 saturated heterocycles. The van der Waals surface area contributed by atoms with E-state index in [2.05, 4.69) is 32.9 Å². The van der Waals surface area contributed by atoms with Gasteiger partial charge in [-0.3, -0.25) is 0 Å². The molecule has 0 spiro atoms. The van der Waals surface area contributed by atoms with Crippen molar-refractivity contribution in [3.05, 3.63) is 12.2 Å². The highest BCUT2D eigenvalue weighted by Gasteiger charge is 2.63. The van der Waals surface area contributed by atoms with Crippen molar-refractivity contribution in [2.24, 2.45) is 34.0 Å². The van der Waals surface area contributed by atoms with Crippen LogP contribution < -0.4 is 0 Å². The molecule has 130 valence electrons. The van der Waals surface area contributed by atoms with E-state index in [1.807, 2.05) is 6.92 Å². The fraction of sp³-hybridized carbons (Fsp3) is 0.905. The van der Waals surface area contributed by atoms with Crippen molar-refractivity contribution in [2.45, 2.75) is 84.3 Å². The lowest BCUT2D eigenvalue weighted by Crippen LogP contribution is -2.58. The van der Waals surface area contributed by atoms with Gasteiger partial charge in [-0.2, -0.15) is 0 Å². The van der Waals surface area contributed by atoms with E-state index in [0.717, 1.165) is 24.7 Å². The van der Waals surface area contributed by atoms with E-state index in [0.29, 0.717) is 5.92 Å². The van der Waals surface area contributed by atoms with Gasteiger partial charge in [-0.25, -0.2) is 0 Å². The van der Waals surface area contributed by atoms with E-state index in [-0.39, 0.29) is 22.3 Å². The topological polar surface area (TPSA) is 40.5 Å². The standard InChI is InChI=1S/C21H34O2/c1-18-9-7-14-15-5-6-17(22)20(15,3)10-8-16(14)21(18,4)12-11-19(2,23)13-18/h11-12,14-17,22-23H,5-10,13H2,1-4H3/t14-,15-,16-,17+,18+,19-,20-,21-/m1/s1. The van der Waals surface area contributed by atoms with Gasteiger partial charge in [0.15, 0.2) is 0 Å². The number of hydrogen-bond donors (Lipinski definition) is 2. The van der Waals surface area contributed by atoms with Crippen LogP contribution in [-0.2, 0) is 0 Å². The maximum absolute atomic E-state index is 10.6. The molecule has 0 aromatic rings. The van der Waals surface area contributed by atoms with E-state index in [1.165, 1.54) is 32.1 Å². The maximum atomic E-state index is 10.6. The second kappa shape index (κ2) is 4.64. The van der Waals surface area contributed by atoms with Crippen LogP contribution in [-0.4, -0.2) is 21.9 Å². The summed E-state index contributed by atoms with van der Waals surface area (Å²) >= 11 is 0. The molecule has 0 heterocycles. The third kappa shape index (κ3) is 2.00. The number of hydrogen-bond acceptors (Lipinski definition) is 2. The first-order valence-corrected chi connectivity index (χ1v) is 9.72. The van der Waals surface area contributed by atoms with Gasteiger partial charge in [0.05, 0.1) is 11.7 Å². The predicted octanol–water partition coefficient (Wildman–Crippen LogP) is 4.31. The molecule has 0 radical (unpaired) electrons. The molecule has 4 aliphatic carbocycles. The smallest absolute Gasteiger partial charge is 0.0805 e. The molecule has 0 unspecified atom stereocenters. The summed E-state index contributed by atoms with van der Waals surface area (Å²) in [5, 5.41) is 21.1. The van der Waals surface area contributed by atoms with Crippen LogP contribution in [0.15, 0.2) is 12.2 Å². The average Bonchev–Trinajstić information content (AvgIpc) is 2.76. The van der Waals surface area contributed by atoms with Crippen molar-refractivity contribution in [3.8, 4) is 0 Å². The van der Waals surface area contributed by atoms with Gasteiger partial charge < -0.3 is 10.2 Å². The number of aliphatic hydroxyl groups is 2. The van der Waals surface area contributed by atoms with Crippen molar-refractivity contribution < 1.29 is 10.2 Å². The monoisotopic (exact) mass is 318 g/mol. The SMILES string of the molecule is C[C@@]12CC[C@@H]3[C@H](CC[C@@]4(C)C[C@](C)(O)C=C[C@]34C)[C@H]1CC[C@@H]2O. The summed E-state index contributed by atoms with van der Waals surface area (Å²) in [6, 6.07) is 0. The van der Waals surface area contributed by atoms with Gasteiger partial charge in [-0.15, -0.1) is 0 Å². The highest BCUT2D eigenvalue weighted by Crippen LogP contribution is 2.69. The largest absolute Gasteiger partial charge is 0.393 e. The van der Waals surface area contributed by atoms with E-state index in [9.17, 15) is 10.2 Å². The first-order chi connectivity index (χ1) is 10.6. The third-order valence-corrected chi connectivity index (χ3v) is 9.02. The summed E-state index contributed by atoms with van der Waals surface area (Å²) in [6.45, 7) is 9.19. The number of rotatable bonds is 0. The van der Waals surface area contributed by atoms with Crippen LogP contribution in [0.25, 0.3) is 0 Å². The minimum Gasteiger partial charge on any atom is -0.393 e. The lowest BCUT2D eigenvalue weighted by molar-refractivity contribution is -0.142. The van der Waals surface area contributed by atoms with Crippen molar-refractivity contribution >= 4 is 0 Å². The van der Waals surface area contributed by atoms with E-state index in [1.54, 1.807) is 0 Å². The van der Waals surface area contributed by atoms with Crippen LogP contribution in [0.4, 0.5) is 0 Å². The third-order valence-electron chi connectivity index (χ3n) is 9.02. The average molecular weight is 319 g/mol. The first kappa shape index (κ1) is 16.1. The molecule has 2 nitrogen and oxygen atoms in total. The van der Waals surface area contributed by atoms with Crippen LogP contribution in [0.5, 0.6) is 0 Å². The van der Waals surface area contributed by atoms with Crippen LogP contribution in [0.3, 0.4) is 0 Å². The first-order valence-electron chi connectivity index (χ1n) is 9.72. The summed E-state index contributed by atoms with van der Waals surface area (Å²) in [5.41, 5.74) is -0.0760. The highest BCUT2D eigenvalue weighted by atomic mass is 16.3. The van der Waals surface area contributed by atoms with Crippen molar-refractivity contribution in [2.75, 3.05) is 0 Å². The molecule has 0 amide bonds. The molecular formula is C21H34O2. The van der Waals surface area contributed by atoms with Gasteiger partial charge in [0.1, 0.15) is 0 Å². The molecule has 3 fully saturated rings. The minimum absolute atomic E-state index is 0.0859. The Kier molecular flexibility index (Phi) is 3.25. The number of allylic oxidation sites excluding steroid dienone is 1. The molecule has 0 aliphatic heterocycles. The number of fused-ring (bicyclic) bond motifs is 5. The molecule has 4 rings (SSSR count). The molecule has 2 N–H and O–H groups in total. The zero-order valence-electron chi connectivity index (χ0n) is 15.3. The van der Waals surface area contributed by atoms with Crippen molar-refractivity contribution in [1.29, 1.82) is 0 Å². The fourth-order valence-corrected chi connectivity index (χ4v) is 7.41. The molecule has 0 bridgehead atoms. The Balaban J connectivity index is 1.72. The summed E-state index contributed by atoms with van der Waals surface area (Å²) in [7, 11) is 0. The molecule has 8 atom stereocenters. The van der Waals surface area contributed by atoms with E-state index in [4.69, 9.17) is 0 Å². The molecule has 0 aromatic carbocycles. The maximum Gasteiger partial charge on any atom is 0.0805 e. The second-order valence-corrected chi connectivity index (χ2v) is 10.3. The fourth-order valence-electron chi connectivity index (χ4n) is 7.41. The van der Waals surface area contributed by atoms with Gasteiger partial charge in [0.2, 0.25) is 0 Å². The Bertz CT molecular complexity index is 538.